The Labute approximate surface area is 131 Å². The van der Waals surface area contributed by atoms with Gasteiger partial charge in [-0.25, -0.2) is 9.48 Å². The van der Waals surface area contributed by atoms with Crippen molar-refractivity contribution in [1.29, 1.82) is 0 Å². The lowest BCUT2D eigenvalue weighted by Gasteiger charge is -2.07. The molecule has 0 radical (unpaired) electrons. The van der Waals surface area contributed by atoms with Gasteiger partial charge < -0.3 is 9.15 Å². The average Bonchev–Trinajstić information content (AvgIpc) is 2.94. The lowest BCUT2D eigenvalue weighted by molar-refractivity contribution is 0.407. The Morgan fingerprint density at radius 1 is 1.09 bits per heavy atom. The number of hydrogen-bond acceptors (Lipinski definition) is 4. The number of fused-ring (bicyclic) bond motifs is 3. The number of aryl methyl sites for hydroxylation is 1. The molecule has 114 valence electrons. The van der Waals surface area contributed by atoms with E-state index < -0.39 is 5.63 Å². The predicted octanol–water partition coefficient (Wildman–Crippen LogP) is 3.45. The molecular weight excluding hydrogens is 292 g/mol. The fourth-order valence-corrected chi connectivity index (χ4v) is 2.89. The molecule has 0 fully saturated rings. The van der Waals surface area contributed by atoms with Crippen LogP contribution < -0.4 is 10.4 Å². The molecule has 2 aromatic carbocycles. The van der Waals surface area contributed by atoms with Gasteiger partial charge in [0, 0.05) is 5.39 Å². The highest BCUT2D eigenvalue weighted by molar-refractivity contribution is 6.05. The van der Waals surface area contributed by atoms with Gasteiger partial charge >= 0.3 is 5.63 Å². The standard InChI is InChI=1S/C18H14N2O3/c1-11-15-16(20(19-11)12-7-4-3-5-8-12)13-9-6-10-14(22-2)17(13)23-18(15)21/h3-10H,1-2H3. The fraction of sp³-hybridized carbons (Fsp3) is 0.111. The summed E-state index contributed by atoms with van der Waals surface area (Å²) in [5.41, 5.74) is 2.29. The Kier molecular flexibility index (Phi) is 2.94. The molecule has 4 rings (SSSR count). The van der Waals surface area contributed by atoms with Crippen molar-refractivity contribution in [3.63, 3.8) is 0 Å². The van der Waals surface area contributed by atoms with E-state index in [0.717, 1.165) is 16.6 Å². The van der Waals surface area contributed by atoms with Crippen molar-refractivity contribution in [3.8, 4) is 11.4 Å². The van der Waals surface area contributed by atoms with Crippen LogP contribution in [0.25, 0.3) is 27.6 Å². The van der Waals surface area contributed by atoms with Crippen LogP contribution in [0.2, 0.25) is 0 Å². The number of benzene rings is 2. The van der Waals surface area contributed by atoms with E-state index in [2.05, 4.69) is 5.10 Å². The summed E-state index contributed by atoms with van der Waals surface area (Å²) in [5.74, 6) is 0.528. The van der Waals surface area contributed by atoms with Gasteiger partial charge in [0.05, 0.1) is 24.0 Å². The Hall–Kier alpha value is -3.08. The molecule has 0 aliphatic heterocycles. The van der Waals surface area contributed by atoms with Crippen LogP contribution in [-0.4, -0.2) is 16.9 Å². The maximum absolute atomic E-state index is 12.5. The van der Waals surface area contributed by atoms with Crippen LogP contribution in [0.4, 0.5) is 0 Å². The molecule has 0 spiro atoms. The maximum atomic E-state index is 12.5. The van der Waals surface area contributed by atoms with Gasteiger partial charge in [-0.1, -0.05) is 24.3 Å². The van der Waals surface area contributed by atoms with Crippen molar-refractivity contribution in [3.05, 3.63) is 64.6 Å². The number of hydrogen-bond donors (Lipinski definition) is 0. The van der Waals surface area contributed by atoms with E-state index in [1.807, 2.05) is 49.4 Å². The van der Waals surface area contributed by atoms with Crippen molar-refractivity contribution < 1.29 is 9.15 Å². The highest BCUT2D eigenvalue weighted by Gasteiger charge is 2.19. The normalized spacial score (nSPS) is 11.2. The average molecular weight is 306 g/mol. The van der Waals surface area contributed by atoms with Gasteiger partial charge in [0.1, 0.15) is 5.39 Å². The van der Waals surface area contributed by atoms with Gasteiger partial charge in [-0.05, 0) is 31.2 Å². The molecule has 0 unspecified atom stereocenters. The van der Waals surface area contributed by atoms with Crippen LogP contribution in [-0.2, 0) is 0 Å². The zero-order valence-corrected chi connectivity index (χ0v) is 12.7. The van der Waals surface area contributed by atoms with Gasteiger partial charge in [-0.3, -0.25) is 0 Å². The van der Waals surface area contributed by atoms with Crippen LogP contribution in [0.5, 0.6) is 5.75 Å². The van der Waals surface area contributed by atoms with Crippen molar-refractivity contribution in [2.75, 3.05) is 7.11 Å². The maximum Gasteiger partial charge on any atom is 0.347 e. The predicted molar refractivity (Wildman–Crippen MR) is 88.4 cm³/mol. The van der Waals surface area contributed by atoms with Crippen molar-refractivity contribution in [2.24, 2.45) is 0 Å². The summed E-state index contributed by atoms with van der Waals surface area (Å²) < 4.78 is 12.6. The third kappa shape index (κ3) is 1.93. The van der Waals surface area contributed by atoms with E-state index >= 15 is 0 Å². The molecule has 0 aliphatic carbocycles. The Morgan fingerprint density at radius 3 is 2.61 bits per heavy atom. The minimum Gasteiger partial charge on any atom is -0.493 e. The van der Waals surface area contributed by atoms with Crippen LogP contribution in [0.1, 0.15) is 5.69 Å². The molecule has 2 heterocycles. The van der Waals surface area contributed by atoms with E-state index in [1.165, 1.54) is 0 Å². The van der Waals surface area contributed by atoms with Gasteiger partial charge in [-0.2, -0.15) is 5.10 Å². The summed E-state index contributed by atoms with van der Waals surface area (Å²) in [6.45, 7) is 1.81. The number of ether oxygens (including phenoxy) is 1. The molecular formula is C18H14N2O3. The fourth-order valence-electron chi connectivity index (χ4n) is 2.89. The zero-order valence-electron chi connectivity index (χ0n) is 12.7. The van der Waals surface area contributed by atoms with Gasteiger partial charge in [0.15, 0.2) is 11.3 Å². The first-order valence-corrected chi connectivity index (χ1v) is 7.25. The molecule has 5 heteroatoms. The Morgan fingerprint density at radius 2 is 1.87 bits per heavy atom. The lowest BCUT2D eigenvalue weighted by Crippen LogP contribution is -2.02. The Balaban J connectivity index is 2.24. The van der Waals surface area contributed by atoms with Crippen molar-refractivity contribution >= 4 is 21.9 Å². The summed E-state index contributed by atoms with van der Waals surface area (Å²) in [6, 6.07) is 15.3. The van der Waals surface area contributed by atoms with Gasteiger partial charge in [0.2, 0.25) is 0 Å². The molecule has 0 bridgehead atoms. The number of methoxy groups -OCH3 is 1. The topological polar surface area (TPSA) is 57.3 Å². The summed E-state index contributed by atoms with van der Waals surface area (Å²) in [6.07, 6.45) is 0. The third-order valence-electron chi connectivity index (χ3n) is 3.91. The van der Waals surface area contributed by atoms with Crippen LogP contribution in [0, 0.1) is 6.92 Å². The minimum atomic E-state index is -0.406. The quantitative estimate of drug-likeness (QED) is 0.532. The molecule has 2 aromatic heterocycles. The second kappa shape index (κ2) is 4.98. The summed E-state index contributed by atoms with van der Waals surface area (Å²) in [5, 5.41) is 5.83. The highest BCUT2D eigenvalue weighted by Crippen LogP contribution is 2.31. The SMILES string of the molecule is COc1cccc2c1oc(=O)c1c(C)nn(-c3ccccc3)c12. The van der Waals surface area contributed by atoms with Gasteiger partial charge in [-0.15, -0.1) is 0 Å². The lowest BCUT2D eigenvalue weighted by atomic mass is 10.1. The molecule has 0 N–H and O–H groups in total. The van der Waals surface area contributed by atoms with Crippen molar-refractivity contribution in [1.82, 2.24) is 9.78 Å². The molecule has 0 atom stereocenters. The molecule has 0 aliphatic rings. The summed E-state index contributed by atoms with van der Waals surface area (Å²) in [4.78, 5) is 12.5. The first kappa shape index (κ1) is 13.6. The molecule has 5 nitrogen and oxygen atoms in total. The largest absolute Gasteiger partial charge is 0.493 e. The molecule has 0 saturated heterocycles. The monoisotopic (exact) mass is 306 g/mol. The Bertz CT molecular complexity index is 1080. The number of nitrogens with zero attached hydrogens (tertiary/aromatic N) is 2. The molecule has 0 amide bonds. The number of para-hydroxylation sites is 2. The van der Waals surface area contributed by atoms with E-state index in [9.17, 15) is 4.79 Å². The van der Waals surface area contributed by atoms with E-state index in [-0.39, 0.29) is 0 Å². The molecule has 0 saturated carbocycles. The number of rotatable bonds is 2. The van der Waals surface area contributed by atoms with Crippen LogP contribution in [0.3, 0.4) is 0 Å². The smallest absolute Gasteiger partial charge is 0.347 e. The number of aromatic nitrogens is 2. The second-order valence-corrected chi connectivity index (χ2v) is 5.28. The third-order valence-corrected chi connectivity index (χ3v) is 3.91. The van der Waals surface area contributed by atoms with Crippen molar-refractivity contribution in [2.45, 2.75) is 6.92 Å². The zero-order chi connectivity index (χ0) is 16.0. The molecule has 23 heavy (non-hydrogen) atoms. The first-order valence-electron chi connectivity index (χ1n) is 7.25. The minimum absolute atomic E-state index is 0.406. The second-order valence-electron chi connectivity index (χ2n) is 5.28. The highest BCUT2D eigenvalue weighted by atomic mass is 16.5. The van der Waals surface area contributed by atoms with E-state index in [1.54, 1.807) is 17.9 Å². The summed E-state index contributed by atoms with van der Waals surface area (Å²) >= 11 is 0. The summed E-state index contributed by atoms with van der Waals surface area (Å²) in [7, 11) is 1.55. The van der Waals surface area contributed by atoms with E-state index in [0.29, 0.717) is 22.4 Å². The van der Waals surface area contributed by atoms with Crippen LogP contribution in [0.15, 0.2) is 57.7 Å². The van der Waals surface area contributed by atoms with Crippen LogP contribution >= 0.6 is 0 Å². The van der Waals surface area contributed by atoms with Gasteiger partial charge in [0.25, 0.3) is 0 Å². The first-order chi connectivity index (χ1) is 11.2. The van der Waals surface area contributed by atoms with E-state index in [4.69, 9.17) is 9.15 Å². The molecule has 4 aromatic rings.